The van der Waals surface area contributed by atoms with Crippen molar-refractivity contribution in [3.8, 4) is 5.75 Å². The molecular weight excluding hydrogens is 232 g/mol. The quantitative estimate of drug-likeness (QED) is 0.527. The van der Waals surface area contributed by atoms with E-state index in [1.54, 1.807) is 31.2 Å². The number of rotatable bonds is 8. The maximum atomic E-state index is 11.4. The van der Waals surface area contributed by atoms with Gasteiger partial charge in [0.15, 0.2) is 0 Å². The fourth-order valence-electron chi connectivity index (χ4n) is 1.40. The van der Waals surface area contributed by atoms with Gasteiger partial charge >= 0.3 is 5.97 Å². The zero-order valence-corrected chi connectivity index (χ0v) is 11.0. The average molecular weight is 252 g/mol. The van der Waals surface area contributed by atoms with E-state index in [-0.39, 0.29) is 5.97 Å². The van der Waals surface area contributed by atoms with E-state index in [1.165, 1.54) is 0 Å². The summed E-state index contributed by atoms with van der Waals surface area (Å²) in [4.78, 5) is 11.4. The van der Waals surface area contributed by atoms with E-state index in [2.05, 4.69) is 0 Å². The Hall–Kier alpha value is -1.55. The molecule has 0 atom stereocenters. The van der Waals surface area contributed by atoms with Crippen LogP contribution < -0.4 is 4.74 Å². The molecule has 1 aromatic carbocycles. The summed E-state index contributed by atoms with van der Waals surface area (Å²) in [5, 5.41) is 0. The molecule has 0 spiro atoms. The van der Waals surface area contributed by atoms with E-state index in [9.17, 15) is 4.79 Å². The first-order valence-corrected chi connectivity index (χ1v) is 6.25. The van der Waals surface area contributed by atoms with Crippen LogP contribution in [0.25, 0.3) is 0 Å². The third kappa shape index (κ3) is 5.19. The van der Waals surface area contributed by atoms with E-state index >= 15 is 0 Å². The fraction of sp³-hybridized carbons (Fsp3) is 0.500. The fourth-order valence-corrected chi connectivity index (χ4v) is 1.40. The molecule has 1 rings (SSSR count). The van der Waals surface area contributed by atoms with Crippen molar-refractivity contribution in [1.82, 2.24) is 0 Å². The van der Waals surface area contributed by atoms with Crippen molar-refractivity contribution in [2.24, 2.45) is 0 Å². The molecule has 0 heterocycles. The third-order valence-electron chi connectivity index (χ3n) is 2.27. The van der Waals surface area contributed by atoms with Crippen molar-refractivity contribution < 1.29 is 19.0 Å². The molecule has 0 aliphatic heterocycles. The van der Waals surface area contributed by atoms with E-state index in [0.717, 1.165) is 18.8 Å². The minimum absolute atomic E-state index is 0.305. The summed E-state index contributed by atoms with van der Waals surface area (Å²) in [5.41, 5.74) is 0.540. The number of ether oxygens (including phenoxy) is 3. The summed E-state index contributed by atoms with van der Waals surface area (Å²) < 4.78 is 15.6. The highest BCUT2D eigenvalue weighted by Gasteiger charge is 2.05. The van der Waals surface area contributed by atoms with Gasteiger partial charge in [0.2, 0.25) is 0 Å². The second-order valence-corrected chi connectivity index (χ2v) is 3.64. The first kappa shape index (κ1) is 14.5. The molecule has 18 heavy (non-hydrogen) atoms. The third-order valence-corrected chi connectivity index (χ3v) is 2.27. The zero-order valence-electron chi connectivity index (χ0n) is 11.0. The van der Waals surface area contributed by atoms with Crippen molar-refractivity contribution in [3.63, 3.8) is 0 Å². The summed E-state index contributed by atoms with van der Waals surface area (Å²) in [6, 6.07) is 6.95. The van der Waals surface area contributed by atoms with Gasteiger partial charge in [-0.05, 0) is 38.1 Å². The molecule has 0 N–H and O–H groups in total. The van der Waals surface area contributed by atoms with Gasteiger partial charge in [0.1, 0.15) is 5.75 Å². The van der Waals surface area contributed by atoms with E-state index in [4.69, 9.17) is 14.2 Å². The molecule has 4 nitrogen and oxygen atoms in total. The van der Waals surface area contributed by atoms with Crippen molar-refractivity contribution in [1.29, 1.82) is 0 Å². The van der Waals surface area contributed by atoms with Crippen LogP contribution in [0.3, 0.4) is 0 Å². The van der Waals surface area contributed by atoms with Gasteiger partial charge in [0, 0.05) is 19.6 Å². The van der Waals surface area contributed by atoms with Gasteiger partial charge in [-0.1, -0.05) is 0 Å². The van der Waals surface area contributed by atoms with Crippen LogP contribution in [0.2, 0.25) is 0 Å². The van der Waals surface area contributed by atoms with Crippen molar-refractivity contribution in [3.05, 3.63) is 29.8 Å². The van der Waals surface area contributed by atoms with Gasteiger partial charge in [0.05, 0.1) is 18.8 Å². The lowest BCUT2D eigenvalue weighted by atomic mass is 10.2. The first-order valence-electron chi connectivity index (χ1n) is 6.25. The molecule has 0 aliphatic rings. The summed E-state index contributed by atoms with van der Waals surface area (Å²) in [6.07, 6.45) is 0.855. The zero-order chi connectivity index (χ0) is 13.2. The Kier molecular flexibility index (Phi) is 6.87. The standard InChI is InChI=1S/C14H20O4/c1-3-16-10-5-11-18-13-8-6-12(7-9-13)14(15)17-4-2/h6-9H,3-5,10-11H2,1-2H3. The van der Waals surface area contributed by atoms with Crippen LogP contribution in [0, 0.1) is 0 Å². The molecule has 0 fully saturated rings. The molecule has 0 aliphatic carbocycles. The summed E-state index contributed by atoms with van der Waals surface area (Å²) >= 11 is 0. The van der Waals surface area contributed by atoms with E-state index in [0.29, 0.717) is 25.4 Å². The first-order chi connectivity index (χ1) is 8.77. The normalized spacial score (nSPS) is 10.1. The molecule has 0 aromatic heterocycles. The van der Waals surface area contributed by atoms with Crippen LogP contribution in [-0.4, -0.2) is 32.4 Å². The Morgan fingerprint density at radius 2 is 1.78 bits per heavy atom. The number of carbonyl (C=O) groups is 1. The van der Waals surface area contributed by atoms with Crippen LogP contribution >= 0.6 is 0 Å². The van der Waals surface area contributed by atoms with Gasteiger partial charge in [-0.3, -0.25) is 0 Å². The average Bonchev–Trinajstić information content (AvgIpc) is 2.39. The molecule has 0 unspecified atom stereocenters. The molecular formula is C14H20O4. The predicted molar refractivity (Wildman–Crippen MR) is 69.0 cm³/mol. The maximum absolute atomic E-state index is 11.4. The van der Waals surface area contributed by atoms with Crippen LogP contribution in [-0.2, 0) is 9.47 Å². The summed E-state index contributed by atoms with van der Waals surface area (Å²) in [5.74, 6) is 0.444. The SMILES string of the molecule is CCOCCCOc1ccc(C(=O)OCC)cc1. The Labute approximate surface area is 108 Å². The monoisotopic (exact) mass is 252 g/mol. The molecule has 100 valence electrons. The van der Waals surface area contributed by atoms with Gasteiger partial charge in [-0.15, -0.1) is 0 Å². The predicted octanol–water partition coefficient (Wildman–Crippen LogP) is 2.67. The minimum Gasteiger partial charge on any atom is -0.494 e. The number of carbonyl (C=O) groups excluding carboxylic acids is 1. The number of esters is 1. The Morgan fingerprint density at radius 3 is 2.39 bits per heavy atom. The van der Waals surface area contributed by atoms with Crippen LogP contribution in [0.1, 0.15) is 30.6 Å². The van der Waals surface area contributed by atoms with Crippen LogP contribution in [0.5, 0.6) is 5.75 Å². The van der Waals surface area contributed by atoms with Crippen molar-refractivity contribution in [2.45, 2.75) is 20.3 Å². The number of benzene rings is 1. The van der Waals surface area contributed by atoms with Crippen molar-refractivity contribution in [2.75, 3.05) is 26.4 Å². The summed E-state index contributed by atoms with van der Waals surface area (Å²) in [6.45, 7) is 6.18. The summed E-state index contributed by atoms with van der Waals surface area (Å²) in [7, 11) is 0. The Morgan fingerprint density at radius 1 is 1.06 bits per heavy atom. The topological polar surface area (TPSA) is 44.8 Å². The van der Waals surface area contributed by atoms with Gasteiger partial charge in [0.25, 0.3) is 0 Å². The van der Waals surface area contributed by atoms with E-state index < -0.39 is 0 Å². The molecule has 0 radical (unpaired) electrons. The lowest BCUT2D eigenvalue weighted by Crippen LogP contribution is -2.05. The van der Waals surface area contributed by atoms with Gasteiger partial charge < -0.3 is 14.2 Å². The highest BCUT2D eigenvalue weighted by molar-refractivity contribution is 5.89. The second-order valence-electron chi connectivity index (χ2n) is 3.64. The Bertz CT molecular complexity index is 345. The number of hydrogen-bond acceptors (Lipinski definition) is 4. The molecule has 0 amide bonds. The molecule has 0 bridgehead atoms. The van der Waals surface area contributed by atoms with Crippen LogP contribution in [0.15, 0.2) is 24.3 Å². The second kappa shape index (κ2) is 8.53. The van der Waals surface area contributed by atoms with Gasteiger partial charge in [-0.2, -0.15) is 0 Å². The highest BCUT2D eigenvalue weighted by Crippen LogP contribution is 2.13. The largest absolute Gasteiger partial charge is 0.494 e. The lowest BCUT2D eigenvalue weighted by molar-refractivity contribution is 0.0526. The molecule has 0 saturated carbocycles. The maximum Gasteiger partial charge on any atom is 0.338 e. The van der Waals surface area contributed by atoms with Crippen molar-refractivity contribution >= 4 is 5.97 Å². The molecule has 0 saturated heterocycles. The smallest absolute Gasteiger partial charge is 0.338 e. The number of hydrogen-bond donors (Lipinski definition) is 0. The molecule has 4 heteroatoms. The Balaban J connectivity index is 2.33. The highest BCUT2D eigenvalue weighted by atomic mass is 16.5. The van der Waals surface area contributed by atoms with Gasteiger partial charge in [-0.25, -0.2) is 4.79 Å². The molecule has 1 aromatic rings. The van der Waals surface area contributed by atoms with E-state index in [1.807, 2.05) is 6.92 Å². The van der Waals surface area contributed by atoms with Crippen LogP contribution in [0.4, 0.5) is 0 Å². The minimum atomic E-state index is -0.305. The lowest BCUT2D eigenvalue weighted by Gasteiger charge is -2.07.